The predicted molar refractivity (Wildman–Crippen MR) is 87.8 cm³/mol. The van der Waals surface area contributed by atoms with E-state index in [1.807, 2.05) is 6.26 Å². The molecule has 2 rings (SSSR count). The van der Waals surface area contributed by atoms with Gasteiger partial charge >= 0.3 is 5.97 Å². The van der Waals surface area contributed by atoms with Crippen LogP contribution in [0.4, 0.5) is 5.69 Å². The summed E-state index contributed by atoms with van der Waals surface area (Å²) < 4.78 is 0. The molecule has 8 heteroatoms. The molecule has 0 aliphatic rings. The van der Waals surface area contributed by atoms with Crippen LogP contribution in [0, 0.1) is 0 Å². The van der Waals surface area contributed by atoms with Gasteiger partial charge in [-0.05, 0) is 24.0 Å². The van der Waals surface area contributed by atoms with Crippen LogP contribution in [-0.2, 0) is 17.0 Å². The number of carbonyl (C=O) groups excluding carboxylic acids is 1. The molecule has 0 saturated heterocycles. The van der Waals surface area contributed by atoms with Crippen LogP contribution in [0.25, 0.3) is 0 Å². The van der Waals surface area contributed by atoms with Crippen LogP contribution >= 0.6 is 11.8 Å². The maximum Gasteiger partial charge on any atom is 0.307 e. The van der Waals surface area contributed by atoms with Crippen molar-refractivity contribution in [2.75, 3.05) is 11.6 Å². The van der Waals surface area contributed by atoms with Gasteiger partial charge in [0.2, 0.25) is 0 Å². The smallest absolute Gasteiger partial charge is 0.307 e. The quantitative estimate of drug-likeness (QED) is 0.739. The van der Waals surface area contributed by atoms with Crippen molar-refractivity contribution in [3.05, 3.63) is 57.8 Å². The number of benzene rings is 1. The molecule has 0 saturated carbocycles. The van der Waals surface area contributed by atoms with Crippen LogP contribution in [0.15, 0.2) is 35.1 Å². The summed E-state index contributed by atoms with van der Waals surface area (Å²) in [6.07, 6.45) is 1.79. The van der Waals surface area contributed by atoms with Crippen LogP contribution in [0.3, 0.4) is 0 Å². The van der Waals surface area contributed by atoms with Gasteiger partial charge in [-0.3, -0.25) is 14.4 Å². The molecule has 0 aliphatic heterocycles. The first-order valence-corrected chi connectivity index (χ1v) is 8.08. The summed E-state index contributed by atoms with van der Waals surface area (Å²) in [7, 11) is 0. The molecule has 7 nitrogen and oxygen atoms in total. The summed E-state index contributed by atoms with van der Waals surface area (Å²) >= 11 is 1.48. The SMILES string of the molecule is CSCc1nc(C(=O)Nc2ccc(CC(=O)O)cc2)cc(=O)[nH]1. The number of amides is 1. The van der Waals surface area contributed by atoms with Gasteiger partial charge in [0.1, 0.15) is 11.5 Å². The number of aromatic amines is 1. The van der Waals surface area contributed by atoms with Crippen LogP contribution in [-0.4, -0.2) is 33.2 Å². The number of carboxylic acid groups (broad SMARTS) is 1. The predicted octanol–water partition coefficient (Wildman–Crippen LogP) is 1.51. The summed E-state index contributed by atoms with van der Waals surface area (Å²) in [5.74, 6) is -0.479. The highest BCUT2D eigenvalue weighted by atomic mass is 32.2. The van der Waals surface area contributed by atoms with E-state index in [4.69, 9.17) is 5.11 Å². The van der Waals surface area contributed by atoms with Crippen LogP contribution in [0.1, 0.15) is 21.9 Å². The highest BCUT2D eigenvalue weighted by Crippen LogP contribution is 2.11. The first kappa shape index (κ1) is 16.8. The normalized spacial score (nSPS) is 10.3. The molecule has 1 aromatic heterocycles. The topological polar surface area (TPSA) is 112 Å². The molecule has 0 aliphatic carbocycles. The zero-order valence-electron chi connectivity index (χ0n) is 12.3. The number of anilines is 1. The van der Waals surface area contributed by atoms with E-state index in [1.165, 1.54) is 11.8 Å². The Labute approximate surface area is 136 Å². The van der Waals surface area contributed by atoms with Crippen molar-refractivity contribution in [2.45, 2.75) is 12.2 Å². The Hall–Kier alpha value is -2.61. The lowest BCUT2D eigenvalue weighted by Gasteiger charge is -2.06. The second kappa shape index (κ2) is 7.59. The summed E-state index contributed by atoms with van der Waals surface area (Å²) in [5.41, 5.74) is 0.781. The summed E-state index contributed by atoms with van der Waals surface area (Å²) in [6.45, 7) is 0. The summed E-state index contributed by atoms with van der Waals surface area (Å²) in [6, 6.07) is 7.58. The third-order valence-electron chi connectivity index (χ3n) is 2.87. The second-order valence-electron chi connectivity index (χ2n) is 4.73. The van der Waals surface area contributed by atoms with Crippen LogP contribution in [0.2, 0.25) is 0 Å². The number of hydrogen-bond acceptors (Lipinski definition) is 5. The average molecular weight is 333 g/mol. The van der Waals surface area contributed by atoms with Gasteiger partial charge in [0.15, 0.2) is 0 Å². The molecular weight excluding hydrogens is 318 g/mol. The van der Waals surface area contributed by atoms with E-state index in [0.29, 0.717) is 22.8 Å². The van der Waals surface area contributed by atoms with Crippen molar-refractivity contribution in [1.82, 2.24) is 9.97 Å². The lowest BCUT2D eigenvalue weighted by molar-refractivity contribution is -0.136. The zero-order valence-corrected chi connectivity index (χ0v) is 13.1. The first-order valence-electron chi connectivity index (χ1n) is 6.69. The van der Waals surface area contributed by atoms with E-state index in [1.54, 1.807) is 24.3 Å². The van der Waals surface area contributed by atoms with E-state index in [0.717, 1.165) is 6.07 Å². The molecule has 0 spiro atoms. The average Bonchev–Trinajstić information content (AvgIpc) is 2.48. The fourth-order valence-corrected chi connectivity index (χ4v) is 2.32. The second-order valence-corrected chi connectivity index (χ2v) is 5.60. The highest BCUT2D eigenvalue weighted by molar-refractivity contribution is 7.97. The highest BCUT2D eigenvalue weighted by Gasteiger charge is 2.11. The minimum Gasteiger partial charge on any atom is -0.481 e. The zero-order chi connectivity index (χ0) is 16.8. The molecule has 1 amide bonds. The third-order valence-corrected chi connectivity index (χ3v) is 3.43. The number of nitrogens with one attached hydrogen (secondary N) is 2. The van der Waals surface area contributed by atoms with Gasteiger partial charge < -0.3 is 15.4 Å². The Morgan fingerprint density at radius 2 is 2.00 bits per heavy atom. The summed E-state index contributed by atoms with van der Waals surface area (Å²) in [4.78, 5) is 41.0. The Balaban J connectivity index is 2.12. The van der Waals surface area contributed by atoms with Crippen molar-refractivity contribution in [1.29, 1.82) is 0 Å². The fraction of sp³-hybridized carbons (Fsp3) is 0.200. The Bertz CT molecular complexity index is 771. The lowest BCUT2D eigenvalue weighted by atomic mass is 10.1. The standard InChI is InChI=1S/C15H15N3O4S/c1-23-8-12-17-11(7-13(19)18-12)15(22)16-10-4-2-9(3-5-10)6-14(20)21/h2-5,7H,6,8H2,1H3,(H,16,22)(H,20,21)(H,17,18,19). The number of carboxylic acids is 1. The molecular formula is C15H15N3O4S. The number of rotatable bonds is 6. The van der Waals surface area contributed by atoms with Crippen molar-refractivity contribution in [2.24, 2.45) is 0 Å². The van der Waals surface area contributed by atoms with Gasteiger partial charge in [0, 0.05) is 11.8 Å². The van der Waals surface area contributed by atoms with E-state index < -0.39 is 11.9 Å². The molecule has 1 aromatic carbocycles. The van der Waals surface area contributed by atoms with Gasteiger partial charge in [-0.15, -0.1) is 0 Å². The maximum atomic E-state index is 12.2. The molecule has 3 N–H and O–H groups in total. The third kappa shape index (κ3) is 4.96. The molecule has 0 atom stereocenters. The maximum absolute atomic E-state index is 12.2. The molecule has 1 heterocycles. The van der Waals surface area contributed by atoms with Crippen LogP contribution in [0.5, 0.6) is 0 Å². The molecule has 23 heavy (non-hydrogen) atoms. The molecule has 0 radical (unpaired) electrons. The molecule has 0 fully saturated rings. The fourth-order valence-electron chi connectivity index (χ4n) is 1.91. The van der Waals surface area contributed by atoms with Gasteiger partial charge in [0.25, 0.3) is 11.5 Å². The lowest BCUT2D eigenvalue weighted by Crippen LogP contribution is -2.20. The Kier molecular flexibility index (Phi) is 5.53. The number of carbonyl (C=O) groups is 2. The Morgan fingerprint density at radius 1 is 1.30 bits per heavy atom. The number of aromatic nitrogens is 2. The molecule has 120 valence electrons. The largest absolute Gasteiger partial charge is 0.481 e. The minimum absolute atomic E-state index is 0.0346. The first-order chi connectivity index (χ1) is 11.0. The van der Waals surface area contributed by atoms with Gasteiger partial charge in [0.05, 0.1) is 12.2 Å². The number of aliphatic carboxylic acids is 1. The van der Waals surface area contributed by atoms with Gasteiger partial charge in [-0.25, -0.2) is 4.98 Å². The van der Waals surface area contributed by atoms with Gasteiger partial charge in [-0.1, -0.05) is 12.1 Å². The van der Waals surface area contributed by atoms with Crippen molar-refractivity contribution in [3.8, 4) is 0 Å². The summed E-state index contributed by atoms with van der Waals surface area (Å²) in [5, 5.41) is 11.3. The van der Waals surface area contributed by atoms with Crippen LogP contribution < -0.4 is 10.9 Å². The molecule has 0 unspecified atom stereocenters. The number of thioether (sulfide) groups is 1. The number of nitrogens with zero attached hydrogens (tertiary/aromatic N) is 1. The Morgan fingerprint density at radius 3 is 2.61 bits per heavy atom. The van der Waals surface area contributed by atoms with E-state index >= 15 is 0 Å². The van der Waals surface area contributed by atoms with E-state index in [-0.39, 0.29) is 17.7 Å². The molecule has 0 bridgehead atoms. The van der Waals surface area contributed by atoms with E-state index in [2.05, 4.69) is 15.3 Å². The monoisotopic (exact) mass is 333 g/mol. The van der Waals surface area contributed by atoms with Crippen molar-refractivity contribution < 1.29 is 14.7 Å². The van der Waals surface area contributed by atoms with Crippen molar-refractivity contribution >= 4 is 29.3 Å². The van der Waals surface area contributed by atoms with Crippen molar-refractivity contribution in [3.63, 3.8) is 0 Å². The molecule has 2 aromatic rings. The van der Waals surface area contributed by atoms with E-state index in [9.17, 15) is 14.4 Å². The number of H-pyrrole nitrogens is 1. The minimum atomic E-state index is -0.921. The van der Waals surface area contributed by atoms with Gasteiger partial charge in [-0.2, -0.15) is 11.8 Å². The number of hydrogen-bond donors (Lipinski definition) is 3.